The molecule has 0 bridgehead atoms. The monoisotopic (exact) mass is 1450 g/mol. The summed E-state index contributed by atoms with van der Waals surface area (Å²) in [4.78, 5) is 78.3. The van der Waals surface area contributed by atoms with Crippen molar-refractivity contribution in [2.45, 2.75) is 108 Å². The fourth-order valence-electron chi connectivity index (χ4n) is 14.5. The molecule has 4 unspecified atom stereocenters. The van der Waals surface area contributed by atoms with Crippen molar-refractivity contribution in [3.05, 3.63) is 239 Å². The van der Waals surface area contributed by atoms with Gasteiger partial charge in [0.2, 0.25) is 5.78 Å². The molecule has 0 radical (unpaired) electrons. The summed E-state index contributed by atoms with van der Waals surface area (Å²) in [5, 5.41) is 22.5. The summed E-state index contributed by atoms with van der Waals surface area (Å²) >= 11 is 0. The number of rotatable bonds is 19. The standard InChI is InChI=1S/C31H33F2N3O4.C18H17F2NO2.C18H17NO3.C16H13F2NO2/c32-31(33,24-16-20-6-7-21(15-23(20)17-24)25-5-1-2-10-34-25)30(38)35-26(19-36-11-3-4-12-36)29(37)22-8-9-27-28(18-22)40-14-13-39-27;1-2-23-17(22)18(19,20)15-10-12-6-7-13(9-14(12)11-15)16-5-3-4-8-21-16;1-2-22-18(21)17(20)15-9-12-6-7-13(10-14(12)11-15)16-5-3-4-8-19-16;17-16(18,15(20)21)13-8-10-4-5-11(7-12(10)9-13)14-3-1-2-6-19-14/h1-2,5-10,15,18,24,26,29,37H,3-4,11-14,16-17,19H2,(H,35,38);3-9,15H,2,10-11H2,1H3;3-8,10,15H,2,9,11H2,1H3;1-7,13H,8-9H2,(H,20,21)/t24?,26-,29-;;;/m1.../s1. The van der Waals surface area contributed by atoms with Crippen LogP contribution in [0.4, 0.5) is 26.3 Å². The minimum atomic E-state index is -3.69. The Morgan fingerprint density at radius 2 is 0.887 bits per heavy atom. The van der Waals surface area contributed by atoms with Crippen molar-refractivity contribution in [3.8, 4) is 56.5 Å². The maximum Gasteiger partial charge on any atom is 0.377 e. The van der Waals surface area contributed by atoms with Crippen molar-refractivity contribution in [3.63, 3.8) is 0 Å². The second kappa shape index (κ2) is 33.2. The molecule has 1 saturated heterocycles. The molecule has 6 heterocycles. The van der Waals surface area contributed by atoms with E-state index in [1.165, 1.54) is 6.92 Å². The average molecular weight is 1450 g/mol. The number of pyridine rings is 4. The van der Waals surface area contributed by atoms with Crippen LogP contribution >= 0.6 is 0 Å². The number of likely N-dealkylation sites (tertiary alicyclic amines) is 1. The number of esters is 2. The number of aliphatic hydroxyl groups is 1. The zero-order valence-corrected chi connectivity index (χ0v) is 58.5. The number of aliphatic carboxylic acids is 1. The number of benzene rings is 5. The van der Waals surface area contributed by atoms with Crippen molar-refractivity contribution < 1.29 is 79.5 Å². The highest BCUT2D eigenvalue weighted by atomic mass is 19.3. The lowest BCUT2D eigenvalue weighted by Crippen LogP contribution is -2.54. The first kappa shape index (κ1) is 75.0. The Morgan fingerprint density at radius 1 is 0.491 bits per heavy atom. The lowest BCUT2D eigenvalue weighted by atomic mass is 9.95. The van der Waals surface area contributed by atoms with Gasteiger partial charge >= 0.3 is 35.7 Å². The number of hydrogen-bond acceptors (Lipinski definition) is 15. The molecule has 1 fully saturated rings. The highest BCUT2D eigenvalue weighted by Gasteiger charge is 2.53. The van der Waals surface area contributed by atoms with E-state index < -0.39 is 77.3 Å². The minimum absolute atomic E-state index is 0.0437. The summed E-state index contributed by atoms with van der Waals surface area (Å²) in [6, 6.07) is 49.4. The van der Waals surface area contributed by atoms with Crippen LogP contribution in [0.1, 0.15) is 82.9 Å². The number of halogens is 6. The number of carboxylic acid groups (broad SMARTS) is 1. The number of Topliss-reactive ketones (excluding diaryl/α,β-unsaturated/α-hetero) is 1. The van der Waals surface area contributed by atoms with E-state index >= 15 is 8.78 Å². The fraction of sp³-hybridized carbons (Fsp3) is 0.337. The zero-order chi connectivity index (χ0) is 74.7. The molecular weight excluding hydrogens is 1370 g/mol. The molecule has 0 spiro atoms. The summed E-state index contributed by atoms with van der Waals surface area (Å²) in [6.07, 6.45) is 9.55. The molecule has 3 N–H and O–H groups in total. The molecule has 6 aliphatic rings. The molecule has 0 saturated carbocycles. The number of aliphatic hydroxyl groups excluding tert-OH is 1. The van der Waals surface area contributed by atoms with Crippen LogP contribution in [-0.2, 0) is 84.8 Å². The summed E-state index contributed by atoms with van der Waals surface area (Å²) in [7, 11) is 0. The third-order valence-corrected chi connectivity index (χ3v) is 20.2. The topological polar surface area (TPSA) is 230 Å². The Kier molecular flexibility index (Phi) is 23.5. The van der Waals surface area contributed by atoms with E-state index in [0.717, 1.165) is 115 Å². The average Bonchev–Trinajstić information content (AvgIpc) is 1.63. The number of carboxylic acids is 1. The number of aromatic nitrogens is 4. The normalized spacial score (nSPS) is 18.1. The second-order valence-corrected chi connectivity index (χ2v) is 27.1. The van der Waals surface area contributed by atoms with Gasteiger partial charge in [0, 0.05) is 77.3 Å². The lowest BCUT2D eigenvalue weighted by Gasteiger charge is -2.31. The van der Waals surface area contributed by atoms with Gasteiger partial charge in [0.1, 0.15) is 19.3 Å². The number of fused-ring (bicyclic) bond motifs is 5. The molecule has 2 aliphatic heterocycles. The van der Waals surface area contributed by atoms with Gasteiger partial charge in [-0.3, -0.25) is 29.5 Å². The molecule has 17 nitrogen and oxygen atoms in total. The van der Waals surface area contributed by atoms with Crippen molar-refractivity contribution in [2.75, 3.05) is 46.1 Å². The number of ketones is 1. The first-order valence-corrected chi connectivity index (χ1v) is 35.6. The van der Waals surface area contributed by atoms with Gasteiger partial charge in [-0.1, -0.05) is 78.9 Å². The number of nitrogens with zero attached hydrogens (tertiary/aromatic N) is 5. The van der Waals surface area contributed by atoms with E-state index in [2.05, 4.69) is 41.0 Å². The van der Waals surface area contributed by atoms with Gasteiger partial charge in [0.05, 0.1) is 42.0 Å². The van der Waals surface area contributed by atoms with Gasteiger partial charge in [-0.15, -0.1) is 0 Å². The summed E-state index contributed by atoms with van der Waals surface area (Å²) in [6.45, 7) is 6.11. The van der Waals surface area contributed by atoms with Crippen LogP contribution in [0.5, 0.6) is 11.5 Å². The predicted molar refractivity (Wildman–Crippen MR) is 383 cm³/mol. The quantitative estimate of drug-likeness (QED) is 0.0388. The summed E-state index contributed by atoms with van der Waals surface area (Å²) in [5.41, 5.74) is 14.5. The van der Waals surface area contributed by atoms with Gasteiger partial charge in [0.25, 0.3) is 5.91 Å². The van der Waals surface area contributed by atoms with Crippen LogP contribution in [0, 0.1) is 23.7 Å². The van der Waals surface area contributed by atoms with Crippen LogP contribution in [0.25, 0.3) is 45.0 Å². The molecule has 550 valence electrons. The first-order chi connectivity index (χ1) is 51.1. The number of carbonyl (C=O) groups is 5. The molecule has 4 aliphatic carbocycles. The van der Waals surface area contributed by atoms with E-state index in [-0.39, 0.29) is 64.2 Å². The number of carbonyl (C=O) groups excluding carboxylic acids is 4. The van der Waals surface area contributed by atoms with Crippen molar-refractivity contribution in [1.82, 2.24) is 30.2 Å². The Hall–Kier alpha value is -10.7. The maximum absolute atomic E-state index is 15.7. The van der Waals surface area contributed by atoms with E-state index in [1.54, 1.807) is 62.0 Å². The molecule has 9 aromatic rings. The Morgan fingerprint density at radius 3 is 1.31 bits per heavy atom. The van der Waals surface area contributed by atoms with Crippen LogP contribution in [0.2, 0.25) is 0 Å². The van der Waals surface area contributed by atoms with Crippen LogP contribution in [-0.4, -0.2) is 135 Å². The van der Waals surface area contributed by atoms with Crippen LogP contribution < -0.4 is 14.8 Å². The minimum Gasteiger partial charge on any atom is -0.486 e. The smallest absolute Gasteiger partial charge is 0.377 e. The number of nitrogens with one attached hydrogen (secondary N) is 1. The number of amides is 1. The second-order valence-electron chi connectivity index (χ2n) is 27.1. The van der Waals surface area contributed by atoms with Gasteiger partial charge in [-0.25, -0.2) is 14.4 Å². The molecule has 1 amide bonds. The van der Waals surface area contributed by atoms with Crippen molar-refractivity contribution >= 4 is 29.6 Å². The lowest BCUT2D eigenvalue weighted by molar-refractivity contribution is -0.179. The number of hydrogen-bond donors (Lipinski definition) is 3. The molecule has 5 aromatic carbocycles. The molecule has 23 heteroatoms. The van der Waals surface area contributed by atoms with Crippen molar-refractivity contribution in [1.29, 1.82) is 0 Å². The third kappa shape index (κ3) is 17.3. The van der Waals surface area contributed by atoms with E-state index in [9.17, 15) is 46.6 Å². The molecular formula is C83H80F6N6O11. The third-order valence-electron chi connectivity index (χ3n) is 20.2. The number of ether oxygens (including phenoxy) is 4. The van der Waals surface area contributed by atoms with Gasteiger partial charge in [-0.05, 0) is 226 Å². The zero-order valence-electron chi connectivity index (χ0n) is 58.5. The van der Waals surface area contributed by atoms with Crippen molar-refractivity contribution in [2.24, 2.45) is 23.7 Å². The Balaban J connectivity index is 0.000000139. The summed E-state index contributed by atoms with van der Waals surface area (Å²) < 4.78 is 108. The molecule has 15 rings (SSSR count). The number of alkyl halides is 6. The summed E-state index contributed by atoms with van der Waals surface area (Å²) in [5.74, 6) is -19.3. The molecule has 6 atom stereocenters. The van der Waals surface area contributed by atoms with Gasteiger partial charge in [0.15, 0.2) is 11.5 Å². The SMILES string of the molecule is CCOC(=O)C(=O)C1Cc2ccc(-c3ccccn3)cc2C1.CCOC(=O)C(F)(F)C1Cc2ccc(-c3ccccn3)cc2C1.O=C(N[C@H](CN1CCCC1)[C@H](O)c1ccc2c(c1)OCCO2)C(F)(F)C1Cc2ccc(-c3ccccn3)cc2C1.O=C(O)C(F)(F)C1Cc2ccc(-c3ccccn3)cc2C1. The Bertz CT molecular complexity index is 4610. The van der Waals surface area contributed by atoms with E-state index in [0.29, 0.717) is 43.1 Å². The highest BCUT2D eigenvalue weighted by molar-refractivity contribution is 6.34. The van der Waals surface area contributed by atoms with Gasteiger partial charge < -0.3 is 39.4 Å². The van der Waals surface area contributed by atoms with E-state index in [4.69, 9.17) is 19.3 Å². The van der Waals surface area contributed by atoms with Gasteiger partial charge in [-0.2, -0.15) is 26.3 Å². The first-order valence-electron chi connectivity index (χ1n) is 35.6. The van der Waals surface area contributed by atoms with Crippen LogP contribution in [0.15, 0.2) is 189 Å². The Labute approximate surface area is 609 Å². The molecule has 4 aromatic heterocycles. The van der Waals surface area contributed by atoms with E-state index in [1.807, 2.05) is 127 Å². The van der Waals surface area contributed by atoms with Crippen LogP contribution in [0.3, 0.4) is 0 Å². The highest BCUT2D eigenvalue weighted by Crippen LogP contribution is 2.43. The maximum atomic E-state index is 15.7. The molecule has 106 heavy (non-hydrogen) atoms. The fourth-order valence-corrected chi connectivity index (χ4v) is 14.5. The predicted octanol–water partition coefficient (Wildman–Crippen LogP) is 13.6. The largest absolute Gasteiger partial charge is 0.486 e.